The van der Waals surface area contributed by atoms with E-state index in [1.165, 1.54) is 6.92 Å². The lowest BCUT2D eigenvalue weighted by Crippen LogP contribution is -2.69. The molecule has 30 heavy (non-hydrogen) atoms. The summed E-state index contributed by atoms with van der Waals surface area (Å²) in [6.07, 6.45) is 1.09. The van der Waals surface area contributed by atoms with Gasteiger partial charge in [0, 0.05) is 47.9 Å². The average Bonchev–Trinajstić information content (AvgIpc) is 2.58. The van der Waals surface area contributed by atoms with Crippen molar-refractivity contribution >= 4 is 23.6 Å². The molecule has 1 fully saturated rings. The Balaban J connectivity index is 1.88. The standard InChI is InChI=1S/C23H25ClN2O4/c1-13-9-15(29-14(2)27)10-19-20(13)17(16-7-5-6-8-18(16)24)11-23(30-19)12-22(3,4)25-21(28)26-23/h5-10,17H,11-12H2,1-4H3,(H2,25,26,28). The average molecular weight is 429 g/mol. The Bertz CT molecular complexity index is 1040. The van der Waals surface area contributed by atoms with Crippen LogP contribution in [-0.4, -0.2) is 23.3 Å². The van der Waals surface area contributed by atoms with E-state index in [2.05, 4.69) is 10.6 Å². The third kappa shape index (κ3) is 3.84. The molecule has 0 saturated carbocycles. The van der Waals surface area contributed by atoms with Gasteiger partial charge in [0.1, 0.15) is 11.5 Å². The van der Waals surface area contributed by atoms with Gasteiger partial charge in [-0.1, -0.05) is 29.8 Å². The predicted octanol–water partition coefficient (Wildman–Crippen LogP) is 4.67. The predicted molar refractivity (Wildman–Crippen MR) is 114 cm³/mol. The minimum atomic E-state index is -0.913. The molecule has 0 bridgehead atoms. The smallest absolute Gasteiger partial charge is 0.318 e. The van der Waals surface area contributed by atoms with Crippen molar-refractivity contribution in [1.29, 1.82) is 0 Å². The van der Waals surface area contributed by atoms with Crippen molar-refractivity contribution in [2.24, 2.45) is 0 Å². The van der Waals surface area contributed by atoms with Gasteiger partial charge in [0.15, 0.2) is 5.72 Å². The number of halogens is 1. The Morgan fingerprint density at radius 2 is 1.97 bits per heavy atom. The maximum atomic E-state index is 12.5. The van der Waals surface area contributed by atoms with E-state index in [1.807, 2.05) is 51.1 Å². The number of urea groups is 1. The number of benzene rings is 2. The van der Waals surface area contributed by atoms with Crippen molar-refractivity contribution in [3.05, 3.63) is 58.1 Å². The molecule has 2 N–H and O–H groups in total. The molecule has 2 atom stereocenters. The number of fused-ring (bicyclic) bond motifs is 1. The van der Waals surface area contributed by atoms with Gasteiger partial charge in [-0.05, 0) is 44.0 Å². The highest BCUT2D eigenvalue weighted by atomic mass is 35.5. The zero-order valence-electron chi connectivity index (χ0n) is 17.5. The first-order chi connectivity index (χ1) is 14.1. The molecule has 2 aromatic carbocycles. The van der Waals surface area contributed by atoms with Crippen LogP contribution in [0.5, 0.6) is 11.5 Å². The van der Waals surface area contributed by atoms with Gasteiger partial charge in [0.05, 0.1) is 0 Å². The molecule has 2 unspecified atom stereocenters. The topological polar surface area (TPSA) is 76.7 Å². The summed E-state index contributed by atoms with van der Waals surface area (Å²) in [6.45, 7) is 7.26. The summed E-state index contributed by atoms with van der Waals surface area (Å²) in [6, 6.07) is 11.0. The Morgan fingerprint density at radius 3 is 2.63 bits per heavy atom. The fourth-order valence-corrected chi connectivity index (χ4v) is 5.00. The van der Waals surface area contributed by atoms with Crippen LogP contribution in [0.3, 0.4) is 0 Å². The van der Waals surface area contributed by atoms with E-state index in [9.17, 15) is 9.59 Å². The van der Waals surface area contributed by atoms with E-state index in [0.717, 1.165) is 16.7 Å². The number of esters is 1. The Labute approximate surface area is 180 Å². The molecule has 1 saturated heterocycles. The first-order valence-corrected chi connectivity index (χ1v) is 10.3. The van der Waals surface area contributed by atoms with Gasteiger partial charge in [-0.2, -0.15) is 0 Å². The summed E-state index contributed by atoms with van der Waals surface area (Å²) < 4.78 is 11.8. The summed E-state index contributed by atoms with van der Waals surface area (Å²) in [5.41, 5.74) is 1.52. The van der Waals surface area contributed by atoms with Crippen LogP contribution in [0.1, 0.15) is 56.2 Å². The minimum absolute atomic E-state index is 0.0944. The number of hydrogen-bond acceptors (Lipinski definition) is 4. The van der Waals surface area contributed by atoms with Crippen molar-refractivity contribution < 1.29 is 19.1 Å². The fourth-order valence-electron chi connectivity index (χ4n) is 4.73. The molecule has 0 radical (unpaired) electrons. The van der Waals surface area contributed by atoms with E-state index >= 15 is 0 Å². The van der Waals surface area contributed by atoms with E-state index in [-0.39, 0.29) is 11.9 Å². The second-order valence-electron chi connectivity index (χ2n) is 8.76. The lowest BCUT2D eigenvalue weighted by Gasteiger charge is -2.49. The van der Waals surface area contributed by atoms with Crippen LogP contribution in [0.4, 0.5) is 4.79 Å². The van der Waals surface area contributed by atoms with Gasteiger partial charge < -0.3 is 20.1 Å². The molecular formula is C23H25ClN2O4. The van der Waals surface area contributed by atoms with Crippen LogP contribution in [0, 0.1) is 6.92 Å². The zero-order valence-corrected chi connectivity index (χ0v) is 18.2. The molecule has 2 heterocycles. The lowest BCUT2D eigenvalue weighted by molar-refractivity contribution is -0.131. The Morgan fingerprint density at radius 1 is 1.23 bits per heavy atom. The molecule has 2 amide bonds. The van der Waals surface area contributed by atoms with Crippen molar-refractivity contribution in [2.75, 3.05) is 0 Å². The van der Waals surface area contributed by atoms with Gasteiger partial charge >= 0.3 is 12.0 Å². The number of carbonyl (C=O) groups is 2. The number of rotatable bonds is 2. The minimum Gasteiger partial charge on any atom is -0.467 e. The van der Waals surface area contributed by atoms with E-state index in [1.54, 1.807) is 6.07 Å². The molecule has 2 aliphatic rings. The SMILES string of the molecule is CC(=O)Oc1cc(C)c2c(c1)OC1(CC2c2ccccc2Cl)CC(C)(C)NC(=O)N1. The van der Waals surface area contributed by atoms with Crippen LogP contribution < -0.4 is 20.1 Å². The summed E-state index contributed by atoms with van der Waals surface area (Å²) >= 11 is 6.58. The molecule has 158 valence electrons. The molecule has 0 aromatic heterocycles. The monoisotopic (exact) mass is 428 g/mol. The summed E-state index contributed by atoms with van der Waals surface area (Å²) in [4.78, 5) is 24.0. The molecule has 2 aliphatic heterocycles. The number of ether oxygens (including phenoxy) is 2. The van der Waals surface area contributed by atoms with E-state index < -0.39 is 17.2 Å². The van der Waals surface area contributed by atoms with E-state index in [4.69, 9.17) is 21.1 Å². The Hall–Kier alpha value is -2.73. The van der Waals surface area contributed by atoms with Crippen molar-refractivity contribution in [1.82, 2.24) is 10.6 Å². The zero-order chi connectivity index (χ0) is 21.7. The van der Waals surface area contributed by atoms with Gasteiger partial charge in [0.25, 0.3) is 0 Å². The molecule has 1 spiro atoms. The van der Waals surface area contributed by atoms with Crippen molar-refractivity contribution in [2.45, 2.75) is 57.7 Å². The fraction of sp³-hybridized carbons (Fsp3) is 0.391. The number of nitrogens with one attached hydrogen (secondary N) is 2. The number of carbonyl (C=O) groups excluding carboxylic acids is 2. The van der Waals surface area contributed by atoms with Crippen LogP contribution in [-0.2, 0) is 4.79 Å². The third-order valence-corrected chi connectivity index (χ3v) is 5.92. The van der Waals surface area contributed by atoms with Gasteiger partial charge in [-0.15, -0.1) is 0 Å². The van der Waals surface area contributed by atoms with Crippen LogP contribution in [0.15, 0.2) is 36.4 Å². The van der Waals surface area contributed by atoms with Crippen LogP contribution in [0.25, 0.3) is 0 Å². The van der Waals surface area contributed by atoms with Crippen molar-refractivity contribution in [3.8, 4) is 11.5 Å². The highest BCUT2D eigenvalue weighted by molar-refractivity contribution is 6.31. The summed E-state index contributed by atoms with van der Waals surface area (Å²) in [5.74, 6) is 0.496. The first-order valence-electron chi connectivity index (χ1n) is 9.94. The second-order valence-corrected chi connectivity index (χ2v) is 9.17. The normalized spacial score (nSPS) is 24.3. The van der Waals surface area contributed by atoms with Crippen LogP contribution in [0.2, 0.25) is 5.02 Å². The Kier molecular flexibility index (Phi) is 4.93. The molecule has 4 rings (SSSR count). The van der Waals surface area contributed by atoms with Crippen LogP contribution >= 0.6 is 11.6 Å². The van der Waals surface area contributed by atoms with Crippen molar-refractivity contribution in [3.63, 3.8) is 0 Å². The number of hydrogen-bond donors (Lipinski definition) is 2. The molecule has 6 nitrogen and oxygen atoms in total. The number of amides is 2. The van der Waals surface area contributed by atoms with Gasteiger partial charge in [-0.3, -0.25) is 4.79 Å². The largest absolute Gasteiger partial charge is 0.467 e. The number of aryl methyl sites for hydroxylation is 1. The van der Waals surface area contributed by atoms with Gasteiger partial charge in [0.2, 0.25) is 0 Å². The molecule has 2 aromatic rings. The second kappa shape index (κ2) is 7.20. The quantitative estimate of drug-likeness (QED) is 0.538. The molecule has 7 heteroatoms. The maximum absolute atomic E-state index is 12.5. The highest BCUT2D eigenvalue weighted by Crippen LogP contribution is 2.50. The first kappa shape index (κ1) is 20.5. The third-order valence-electron chi connectivity index (χ3n) is 5.57. The van der Waals surface area contributed by atoms with Gasteiger partial charge in [-0.25, -0.2) is 4.79 Å². The molecular weight excluding hydrogens is 404 g/mol. The van der Waals surface area contributed by atoms with E-state index in [0.29, 0.717) is 29.4 Å². The molecule has 0 aliphatic carbocycles. The maximum Gasteiger partial charge on any atom is 0.318 e. The summed E-state index contributed by atoms with van der Waals surface area (Å²) in [7, 11) is 0. The lowest BCUT2D eigenvalue weighted by atomic mass is 9.76. The highest BCUT2D eigenvalue weighted by Gasteiger charge is 2.50. The summed E-state index contributed by atoms with van der Waals surface area (Å²) in [5, 5.41) is 6.61.